The van der Waals surface area contributed by atoms with E-state index in [9.17, 15) is 9.59 Å². The fraction of sp³-hybridized carbons (Fsp3) is 0.571. The van der Waals surface area contributed by atoms with Crippen LogP contribution in [0.5, 0.6) is 0 Å². The fourth-order valence-corrected chi connectivity index (χ4v) is 5.52. The summed E-state index contributed by atoms with van der Waals surface area (Å²) in [6, 6.07) is 0. The second-order valence-corrected chi connectivity index (χ2v) is 9.38. The summed E-state index contributed by atoms with van der Waals surface area (Å²) < 4.78 is 11.1. The molecule has 0 heterocycles. The van der Waals surface area contributed by atoms with E-state index in [1.165, 1.54) is 60.1 Å². The number of carbonyl (C=O) groups is 2. The van der Waals surface area contributed by atoms with Crippen LogP contribution in [0.25, 0.3) is 0 Å². The average molecular weight is 437 g/mol. The van der Waals surface area contributed by atoms with Crippen molar-refractivity contribution in [3.8, 4) is 0 Å². The first-order chi connectivity index (χ1) is 15.7. The van der Waals surface area contributed by atoms with Gasteiger partial charge in [0, 0.05) is 24.0 Å². The molecule has 0 aliphatic heterocycles. The van der Waals surface area contributed by atoms with Gasteiger partial charge in [-0.05, 0) is 77.0 Å². The van der Waals surface area contributed by atoms with E-state index >= 15 is 0 Å². The monoisotopic (exact) mass is 436 g/mol. The zero-order valence-corrected chi connectivity index (χ0v) is 19.2. The van der Waals surface area contributed by atoms with Crippen LogP contribution in [0.4, 0.5) is 0 Å². The standard InChI is InChI=1S/C28H36O4/c29-27(31-19-25(21-9-1-2-10-21)22-11-3-4-12-22)17-18-28(30)32-20-26(23-13-5-6-14-23)24-15-7-8-16-24/h9,11,13,15,17-18,25-26H,1-8,10,12,14,16,19-20H2/b18-17-. The van der Waals surface area contributed by atoms with Crippen molar-refractivity contribution in [3.63, 3.8) is 0 Å². The molecule has 0 aromatic heterocycles. The average Bonchev–Trinajstić information content (AvgIpc) is 3.60. The van der Waals surface area contributed by atoms with Gasteiger partial charge in [-0.3, -0.25) is 0 Å². The highest BCUT2D eigenvalue weighted by molar-refractivity contribution is 5.91. The van der Waals surface area contributed by atoms with Crippen LogP contribution in [-0.4, -0.2) is 25.2 Å². The first-order valence-corrected chi connectivity index (χ1v) is 12.5. The highest BCUT2D eigenvalue weighted by atomic mass is 16.5. The molecular weight excluding hydrogens is 400 g/mol. The van der Waals surface area contributed by atoms with Gasteiger partial charge in [0.25, 0.3) is 0 Å². The molecule has 4 rings (SSSR count). The summed E-state index contributed by atoms with van der Waals surface area (Å²) in [7, 11) is 0. The van der Waals surface area contributed by atoms with E-state index in [1.807, 2.05) is 0 Å². The second kappa shape index (κ2) is 11.5. The van der Waals surface area contributed by atoms with Crippen molar-refractivity contribution in [2.24, 2.45) is 11.8 Å². The summed E-state index contributed by atoms with van der Waals surface area (Å²) in [5.41, 5.74) is 5.62. The molecule has 0 atom stereocenters. The van der Waals surface area contributed by atoms with Gasteiger partial charge in [0.05, 0.1) is 0 Å². The molecule has 0 saturated carbocycles. The second-order valence-electron chi connectivity index (χ2n) is 9.38. The maximum absolute atomic E-state index is 12.3. The van der Waals surface area contributed by atoms with Gasteiger partial charge in [0.2, 0.25) is 0 Å². The number of ether oxygens (including phenoxy) is 2. The van der Waals surface area contributed by atoms with Crippen molar-refractivity contribution >= 4 is 11.9 Å². The van der Waals surface area contributed by atoms with E-state index in [-0.39, 0.29) is 11.8 Å². The van der Waals surface area contributed by atoms with Crippen LogP contribution < -0.4 is 0 Å². The minimum atomic E-state index is -0.474. The topological polar surface area (TPSA) is 52.6 Å². The number of rotatable bonds is 10. The van der Waals surface area contributed by atoms with Crippen molar-refractivity contribution in [1.29, 1.82) is 0 Å². The minimum Gasteiger partial charge on any atom is -0.462 e. The normalized spacial score (nSPS) is 20.7. The molecule has 0 aromatic rings. The van der Waals surface area contributed by atoms with Gasteiger partial charge < -0.3 is 9.47 Å². The first kappa shape index (κ1) is 22.8. The lowest BCUT2D eigenvalue weighted by Gasteiger charge is -2.20. The lowest BCUT2D eigenvalue weighted by molar-refractivity contribution is -0.141. The summed E-state index contributed by atoms with van der Waals surface area (Å²) in [5.74, 6) is -0.524. The Morgan fingerprint density at radius 3 is 1.19 bits per heavy atom. The lowest BCUT2D eigenvalue weighted by Crippen LogP contribution is -2.17. The van der Waals surface area contributed by atoms with E-state index in [1.54, 1.807) is 0 Å². The van der Waals surface area contributed by atoms with Crippen molar-refractivity contribution in [3.05, 3.63) is 58.7 Å². The van der Waals surface area contributed by atoms with Crippen molar-refractivity contribution in [2.45, 2.75) is 77.0 Å². The Morgan fingerprint density at radius 2 is 0.938 bits per heavy atom. The lowest BCUT2D eigenvalue weighted by atomic mass is 9.90. The Bertz CT molecular complexity index is 737. The van der Waals surface area contributed by atoms with Gasteiger partial charge in [-0.1, -0.05) is 46.6 Å². The van der Waals surface area contributed by atoms with Crippen LogP contribution in [0.2, 0.25) is 0 Å². The summed E-state index contributed by atoms with van der Waals surface area (Å²) >= 11 is 0. The molecule has 0 unspecified atom stereocenters. The highest BCUT2D eigenvalue weighted by Gasteiger charge is 2.25. The smallest absolute Gasteiger partial charge is 0.331 e. The predicted octanol–water partition coefficient (Wildman–Crippen LogP) is 6.30. The maximum atomic E-state index is 12.3. The zero-order chi connectivity index (χ0) is 22.2. The number of hydrogen-bond donors (Lipinski definition) is 0. The van der Waals surface area contributed by atoms with Gasteiger partial charge in [-0.15, -0.1) is 0 Å². The van der Waals surface area contributed by atoms with E-state index < -0.39 is 11.9 Å². The van der Waals surface area contributed by atoms with Crippen LogP contribution in [0.3, 0.4) is 0 Å². The van der Waals surface area contributed by atoms with Gasteiger partial charge in [0.15, 0.2) is 0 Å². The third kappa shape index (κ3) is 6.11. The minimum absolute atomic E-state index is 0.212. The number of hydrogen-bond acceptors (Lipinski definition) is 4. The van der Waals surface area contributed by atoms with Crippen molar-refractivity contribution < 1.29 is 19.1 Å². The number of carbonyl (C=O) groups excluding carboxylic acids is 2. The summed E-state index contributed by atoms with van der Waals surface area (Å²) in [4.78, 5) is 24.5. The molecule has 0 fully saturated rings. The number of esters is 2. The Balaban J connectivity index is 1.25. The van der Waals surface area contributed by atoms with Crippen LogP contribution in [-0.2, 0) is 19.1 Å². The van der Waals surface area contributed by atoms with Crippen molar-refractivity contribution in [1.82, 2.24) is 0 Å². The summed E-state index contributed by atoms with van der Waals surface area (Å²) in [5, 5.41) is 0. The summed E-state index contributed by atoms with van der Waals surface area (Å²) in [6.45, 7) is 0.723. The quantitative estimate of drug-likeness (QED) is 0.229. The molecule has 0 saturated heterocycles. The maximum Gasteiger partial charge on any atom is 0.331 e. The Labute approximate surface area is 192 Å². The third-order valence-corrected chi connectivity index (χ3v) is 7.23. The molecule has 0 N–H and O–H groups in total. The third-order valence-electron chi connectivity index (χ3n) is 7.23. The summed E-state index contributed by atoms with van der Waals surface area (Å²) in [6.07, 6.45) is 25.2. The molecule has 4 aliphatic carbocycles. The molecule has 32 heavy (non-hydrogen) atoms. The van der Waals surface area contributed by atoms with Crippen molar-refractivity contribution in [2.75, 3.05) is 13.2 Å². The zero-order valence-electron chi connectivity index (χ0n) is 19.2. The molecule has 0 bridgehead atoms. The Hall–Kier alpha value is -2.36. The predicted molar refractivity (Wildman–Crippen MR) is 126 cm³/mol. The largest absolute Gasteiger partial charge is 0.462 e. The van der Waals surface area contributed by atoms with E-state index in [0.29, 0.717) is 13.2 Å². The fourth-order valence-electron chi connectivity index (χ4n) is 5.52. The molecular formula is C28H36O4. The highest BCUT2D eigenvalue weighted by Crippen LogP contribution is 2.36. The molecule has 0 amide bonds. The Morgan fingerprint density at radius 1 is 0.625 bits per heavy atom. The molecule has 172 valence electrons. The van der Waals surface area contributed by atoms with E-state index in [4.69, 9.17) is 9.47 Å². The molecule has 4 heteroatoms. The number of allylic oxidation sites excluding steroid dienone is 4. The first-order valence-electron chi connectivity index (χ1n) is 12.5. The van der Waals surface area contributed by atoms with Gasteiger partial charge in [-0.2, -0.15) is 0 Å². The van der Waals surface area contributed by atoms with Crippen LogP contribution in [0, 0.1) is 11.8 Å². The molecule has 0 spiro atoms. The molecule has 4 aliphatic rings. The van der Waals surface area contributed by atoms with E-state index in [0.717, 1.165) is 51.4 Å². The molecule has 4 nitrogen and oxygen atoms in total. The van der Waals surface area contributed by atoms with Gasteiger partial charge >= 0.3 is 11.9 Å². The van der Waals surface area contributed by atoms with Crippen LogP contribution in [0.1, 0.15) is 77.0 Å². The molecule has 0 aromatic carbocycles. The molecule has 0 radical (unpaired) electrons. The van der Waals surface area contributed by atoms with Gasteiger partial charge in [-0.25, -0.2) is 9.59 Å². The van der Waals surface area contributed by atoms with Crippen LogP contribution >= 0.6 is 0 Å². The Kier molecular flexibility index (Phi) is 8.19. The van der Waals surface area contributed by atoms with E-state index in [2.05, 4.69) is 24.3 Å². The van der Waals surface area contributed by atoms with Gasteiger partial charge in [0.1, 0.15) is 13.2 Å². The SMILES string of the molecule is O=C(/C=C\C(=O)OCC(C1=CCCC1)C1=CCCC1)OCC(C1=CCCC1)C1=CCCC1. The van der Waals surface area contributed by atoms with Crippen LogP contribution in [0.15, 0.2) is 58.7 Å².